The van der Waals surface area contributed by atoms with Gasteiger partial charge in [-0.25, -0.2) is 0 Å². The van der Waals surface area contributed by atoms with Crippen molar-refractivity contribution < 1.29 is 14.2 Å². The topological polar surface area (TPSA) is 67.9 Å². The van der Waals surface area contributed by atoms with Gasteiger partial charge < -0.3 is 24.6 Å². The Kier molecular flexibility index (Phi) is 4.16. The molecule has 0 saturated heterocycles. The molecule has 2 N–H and O–H groups in total. The molecule has 1 unspecified atom stereocenters. The summed E-state index contributed by atoms with van der Waals surface area (Å²) in [7, 11) is 4.83. The van der Waals surface area contributed by atoms with Gasteiger partial charge in [-0.2, -0.15) is 5.10 Å². The predicted molar refractivity (Wildman–Crippen MR) is 101 cm³/mol. The van der Waals surface area contributed by atoms with E-state index in [1.165, 1.54) is 10.9 Å². The van der Waals surface area contributed by atoms with E-state index in [-0.39, 0.29) is 6.04 Å². The van der Waals surface area contributed by atoms with Crippen molar-refractivity contribution in [2.24, 2.45) is 5.10 Å². The van der Waals surface area contributed by atoms with Crippen LogP contribution in [0.15, 0.2) is 47.7 Å². The molecule has 2 heterocycles. The highest BCUT2D eigenvalue weighted by Crippen LogP contribution is 2.39. The van der Waals surface area contributed by atoms with Crippen LogP contribution >= 0.6 is 0 Å². The smallest absolute Gasteiger partial charge is 0.203 e. The predicted octanol–water partition coefficient (Wildman–Crippen LogP) is 3.63. The van der Waals surface area contributed by atoms with Gasteiger partial charge in [0.1, 0.15) is 0 Å². The maximum atomic E-state index is 5.45. The van der Waals surface area contributed by atoms with Crippen LogP contribution in [0.3, 0.4) is 0 Å². The van der Waals surface area contributed by atoms with Crippen LogP contribution < -0.4 is 19.6 Å². The third-order valence-corrected chi connectivity index (χ3v) is 4.73. The summed E-state index contributed by atoms with van der Waals surface area (Å²) in [6.45, 7) is 0. The fourth-order valence-electron chi connectivity index (χ4n) is 3.35. The van der Waals surface area contributed by atoms with E-state index in [0.717, 1.165) is 23.2 Å². The lowest BCUT2D eigenvalue weighted by molar-refractivity contribution is 0.324. The van der Waals surface area contributed by atoms with Crippen molar-refractivity contribution in [3.05, 3.63) is 53.7 Å². The Morgan fingerprint density at radius 3 is 2.42 bits per heavy atom. The molecule has 0 aliphatic carbocycles. The molecule has 0 radical (unpaired) electrons. The van der Waals surface area contributed by atoms with Crippen molar-refractivity contribution in [1.29, 1.82) is 0 Å². The number of methoxy groups -OCH3 is 3. The van der Waals surface area contributed by atoms with E-state index < -0.39 is 0 Å². The highest BCUT2D eigenvalue weighted by Gasteiger charge is 2.24. The number of fused-ring (bicyclic) bond motifs is 1. The summed E-state index contributed by atoms with van der Waals surface area (Å²) in [6, 6.07) is 12.5. The van der Waals surface area contributed by atoms with E-state index in [2.05, 4.69) is 39.8 Å². The molecular formula is C20H21N3O3. The fraction of sp³-hybridized carbons (Fsp3) is 0.250. The van der Waals surface area contributed by atoms with Crippen molar-refractivity contribution in [1.82, 2.24) is 10.4 Å². The Bertz CT molecular complexity index is 952. The van der Waals surface area contributed by atoms with Gasteiger partial charge in [0.05, 0.1) is 33.1 Å². The summed E-state index contributed by atoms with van der Waals surface area (Å²) in [5, 5.41) is 5.74. The minimum absolute atomic E-state index is 0.142. The number of aromatic amines is 1. The molecular weight excluding hydrogens is 330 g/mol. The summed E-state index contributed by atoms with van der Waals surface area (Å²) >= 11 is 0. The van der Waals surface area contributed by atoms with Crippen molar-refractivity contribution in [2.75, 3.05) is 21.3 Å². The van der Waals surface area contributed by atoms with Crippen LogP contribution in [-0.2, 0) is 0 Å². The molecule has 26 heavy (non-hydrogen) atoms. The van der Waals surface area contributed by atoms with Crippen LogP contribution in [0.25, 0.3) is 10.9 Å². The second-order valence-corrected chi connectivity index (χ2v) is 6.18. The molecule has 6 heteroatoms. The van der Waals surface area contributed by atoms with Crippen LogP contribution in [-0.4, -0.2) is 32.0 Å². The number of aromatic nitrogens is 1. The molecule has 1 aliphatic rings. The number of hydrazone groups is 1. The second kappa shape index (κ2) is 6.63. The SMILES string of the molecule is COc1cc(C2=NNC(c3ccc4[nH]ccc4c3)C2)cc(OC)c1OC. The number of rotatable bonds is 5. The molecule has 1 atom stereocenters. The highest BCUT2D eigenvalue weighted by atomic mass is 16.5. The molecule has 4 rings (SSSR count). The molecule has 134 valence electrons. The van der Waals surface area contributed by atoms with Crippen LogP contribution in [0.5, 0.6) is 17.2 Å². The second-order valence-electron chi connectivity index (χ2n) is 6.18. The van der Waals surface area contributed by atoms with Crippen molar-refractivity contribution >= 4 is 16.6 Å². The average molecular weight is 351 g/mol. The van der Waals surface area contributed by atoms with Crippen LogP contribution in [0, 0.1) is 0 Å². The lowest BCUT2D eigenvalue weighted by Crippen LogP contribution is -2.09. The summed E-state index contributed by atoms with van der Waals surface area (Å²) < 4.78 is 16.3. The van der Waals surface area contributed by atoms with Gasteiger partial charge in [0.15, 0.2) is 11.5 Å². The van der Waals surface area contributed by atoms with Crippen LogP contribution in [0.2, 0.25) is 0 Å². The molecule has 0 amide bonds. The number of H-pyrrole nitrogens is 1. The highest BCUT2D eigenvalue weighted by molar-refractivity contribution is 6.03. The van der Waals surface area contributed by atoms with E-state index >= 15 is 0 Å². The summed E-state index contributed by atoms with van der Waals surface area (Å²) in [6.07, 6.45) is 2.74. The van der Waals surface area contributed by atoms with Gasteiger partial charge in [-0.15, -0.1) is 0 Å². The van der Waals surface area contributed by atoms with E-state index in [0.29, 0.717) is 17.2 Å². The maximum absolute atomic E-state index is 5.45. The van der Waals surface area contributed by atoms with E-state index in [9.17, 15) is 0 Å². The van der Waals surface area contributed by atoms with E-state index in [1.54, 1.807) is 21.3 Å². The Morgan fingerprint density at radius 2 is 1.73 bits per heavy atom. The first-order valence-electron chi connectivity index (χ1n) is 8.43. The third kappa shape index (κ3) is 2.73. The Hall–Kier alpha value is -3.15. The molecule has 1 aromatic heterocycles. The lowest BCUT2D eigenvalue weighted by Gasteiger charge is -2.14. The minimum Gasteiger partial charge on any atom is -0.493 e. The third-order valence-electron chi connectivity index (χ3n) is 4.73. The number of ether oxygens (including phenoxy) is 3. The van der Waals surface area contributed by atoms with Gasteiger partial charge in [0.2, 0.25) is 5.75 Å². The zero-order chi connectivity index (χ0) is 18.1. The summed E-state index contributed by atoms with van der Waals surface area (Å²) in [5.41, 5.74) is 7.51. The summed E-state index contributed by atoms with van der Waals surface area (Å²) in [5.74, 6) is 1.84. The normalized spacial score (nSPS) is 16.3. The van der Waals surface area contributed by atoms with Gasteiger partial charge in [0.25, 0.3) is 0 Å². The molecule has 0 fully saturated rings. The Balaban J connectivity index is 1.61. The molecule has 3 aromatic rings. The first-order chi connectivity index (χ1) is 12.7. The molecule has 0 saturated carbocycles. The minimum atomic E-state index is 0.142. The van der Waals surface area contributed by atoms with E-state index in [4.69, 9.17) is 14.2 Å². The standard InChI is InChI=1S/C20H21N3O3/c1-24-18-9-14(10-19(25-2)20(18)26-3)17-11-16(22-23-17)12-4-5-15-13(8-12)6-7-21-15/h4-10,16,21-22H,11H2,1-3H3. The Labute approximate surface area is 151 Å². The van der Waals surface area contributed by atoms with Gasteiger partial charge in [-0.3, -0.25) is 0 Å². The van der Waals surface area contributed by atoms with Crippen LogP contribution in [0.4, 0.5) is 0 Å². The summed E-state index contributed by atoms with van der Waals surface area (Å²) in [4.78, 5) is 3.22. The first kappa shape index (κ1) is 16.3. The molecule has 2 aromatic carbocycles. The molecule has 6 nitrogen and oxygen atoms in total. The average Bonchev–Trinajstić information content (AvgIpc) is 3.35. The zero-order valence-corrected chi connectivity index (χ0v) is 15.0. The zero-order valence-electron chi connectivity index (χ0n) is 15.0. The van der Waals surface area contributed by atoms with Gasteiger partial charge in [0, 0.05) is 23.7 Å². The lowest BCUT2D eigenvalue weighted by atomic mass is 9.98. The molecule has 1 aliphatic heterocycles. The van der Waals surface area contributed by atoms with Crippen molar-refractivity contribution in [2.45, 2.75) is 12.5 Å². The van der Waals surface area contributed by atoms with E-state index in [1.807, 2.05) is 18.3 Å². The maximum Gasteiger partial charge on any atom is 0.203 e. The molecule has 0 bridgehead atoms. The van der Waals surface area contributed by atoms with Crippen molar-refractivity contribution in [3.63, 3.8) is 0 Å². The van der Waals surface area contributed by atoms with Crippen LogP contribution in [0.1, 0.15) is 23.6 Å². The Morgan fingerprint density at radius 1 is 0.962 bits per heavy atom. The van der Waals surface area contributed by atoms with Crippen molar-refractivity contribution in [3.8, 4) is 17.2 Å². The van der Waals surface area contributed by atoms with Gasteiger partial charge >= 0.3 is 0 Å². The number of hydrogen-bond acceptors (Lipinski definition) is 5. The molecule has 0 spiro atoms. The quantitative estimate of drug-likeness (QED) is 0.736. The fourth-order valence-corrected chi connectivity index (χ4v) is 3.35. The monoisotopic (exact) mass is 351 g/mol. The number of nitrogens with zero attached hydrogens (tertiary/aromatic N) is 1. The largest absolute Gasteiger partial charge is 0.493 e. The first-order valence-corrected chi connectivity index (χ1v) is 8.43. The van der Waals surface area contributed by atoms with Gasteiger partial charge in [-0.1, -0.05) is 6.07 Å². The number of nitrogens with one attached hydrogen (secondary N) is 2. The number of benzene rings is 2. The number of hydrogen-bond donors (Lipinski definition) is 2. The van der Waals surface area contributed by atoms with Gasteiger partial charge in [-0.05, 0) is 41.3 Å².